The Hall–Kier alpha value is 0. The molecular weight excluding hydrogens is 108 g/mol. The molecule has 0 nitrogen and oxygen atoms in total. The van der Waals surface area contributed by atoms with Crippen molar-refractivity contribution in [2.75, 3.05) is 0 Å². The first-order valence-electron chi connectivity index (χ1n) is 4.13. The normalized spacial score (nSPS) is 52.0. The molecule has 0 heterocycles. The highest BCUT2D eigenvalue weighted by molar-refractivity contribution is 4.81. The van der Waals surface area contributed by atoms with Gasteiger partial charge in [0.15, 0.2) is 0 Å². The van der Waals surface area contributed by atoms with Gasteiger partial charge < -0.3 is 0 Å². The quantitative estimate of drug-likeness (QED) is 0.468. The molecule has 54 valence electrons. The molecule has 0 aromatic heterocycles. The third-order valence-corrected chi connectivity index (χ3v) is 3.37. The van der Waals surface area contributed by atoms with Crippen LogP contribution in [0.25, 0.3) is 0 Å². The second kappa shape index (κ2) is 2.32. The summed E-state index contributed by atoms with van der Waals surface area (Å²) in [5.41, 5.74) is 0. The third kappa shape index (κ3) is 1.12. The summed E-state index contributed by atoms with van der Waals surface area (Å²) < 4.78 is 0. The second-order valence-electron chi connectivity index (χ2n) is 3.91. The van der Waals surface area contributed by atoms with E-state index in [1.807, 2.05) is 0 Å². The minimum Gasteiger partial charge on any atom is -0.0622 e. The van der Waals surface area contributed by atoms with Gasteiger partial charge in [-0.25, -0.2) is 0 Å². The maximum absolute atomic E-state index is 2.39. The molecule has 1 aliphatic carbocycles. The second-order valence-corrected chi connectivity index (χ2v) is 3.91. The number of hydrogen-bond acceptors (Lipinski definition) is 0. The van der Waals surface area contributed by atoms with Crippen LogP contribution in [-0.2, 0) is 0 Å². The Morgan fingerprint density at radius 2 is 1.11 bits per heavy atom. The molecule has 0 amide bonds. The van der Waals surface area contributed by atoms with Crippen LogP contribution in [0.2, 0.25) is 0 Å². The maximum atomic E-state index is 2.39. The molecule has 0 aliphatic heterocycles. The summed E-state index contributed by atoms with van der Waals surface area (Å²) in [5.74, 6) is 3.85. The zero-order chi connectivity index (χ0) is 7.02. The van der Waals surface area contributed by atoms with Crippen molar-refractivity contribution in [3.05, 3.63) is 0 Å². The first-order chi connectivity index (χ1) is 4.13. The molecule has 1 saturated carbocycles. The molecule has 0 aromatic rings. The molecule has 0 heteroatoms. The van der Waals surface area contributed by atoms with Gasteiger partial charge in [-0.15, -0.1) is 0 Å². The highest BCUT2D eigenvalue weighted by atomic mass is 14.4. The van der Waals surface area contributed by atoms with E-state index in [-0.39, 0.29) is 0 Å². The highest BCUT2D eigenvalue weighted by Crippen LogP contribution is 2.40. The Balaban J connectivity index is 2.54. The lowest BCUT2D eigenvalue weighted by atomic mass is 9.92. The summed E-state index contributed by atoms with van der Waals surface area (Å²) in [6, 6.07) is 0. The lowest BCUT2D eigenvalue weighted by molar-refractivity contribution is 0.352. The van der Waals surface area contributed by atoms with Gasteiger partial charge in [-0.1, -0.05) is 27.7 Å². The van der Waals surface area contributed by atoms with Crippen LogP contribution in [-0.4, -0.2) is 0 Å². The van der Waals surface area contributed by atoms with Crippen molar-refractivity contribution in [1.82, 2.24) is 0 Å². The summed E-state index contributed by atoms with van der Waals surface area (Å²) >= 11 is 0. The molecule has 0 saturated heterocycles. The highest BCUT2D eigenvalue weighted by Gasteiger charge is 2.31. The van der Waals surface area contributed by atoms with Gasteiger partial charge in [-0.2, -0.15) is 0 Å². The van der Waals surface area contributed by atoms with E-state index < -0.39 is 0 Å². The summed E-state index contributed by atoms with van der Waals surface area (Å²) in [5, 5.41) is 0. The predicted molar refractivity (Wildman–Crippen MR) is 41.3 cm³/mol. The Morgan fingerprint density at radius 3 is 1.22 bits per heavy atom. The van der Waals surface area contributed by atoms with Crippen molar-refractivity contribution in [3.63, 3.8) is 0 Å². The van der Waals surface area contributed by atoms with E-state index in [4.69, 9.17) is 0 Å². The smallest absolute Gasteiger partial charge is 0.0389 e. The number of rotatable bonds is 0. The van der Waals surface area contributed by atoms with Crippen molar-refractivity contribution in [1.29, 1.82) is 0 Å². The molecule has 1 fully saturated rings. The fourth-order valence-corrected chi connectivity index (χ4v) is 2.05. The van der Waals surface area contributed by atoms with E-state index in [2.05, 4.69) is 27.7 Å². The van der Waals surface area contributed by atoms with Crippen LogP contribution in [0.1, 0.15) is 34.1 Å². The van der Waals surface area contributed by atoms with Crippen LogP contribution < -0.4 is 0 Å². The zero-order valence-corrected chi connectivity index (χ0v) is 7.02. The van der Waals surface area contributed by atoms with E-state index in [1.54, 1.807) is 0 Å². The van der Waals surface area contributed by atoms with Crippen molar-refractivity contribution in [2.45, 2.75) is 34.1 Å². The summed E-state index contributed by atoms with van der Waals surface area (Å²) in [6.07, 6.45) is 1.45. The van der Waals surface area contributed by atoms with Crippen LogP contribution in [0.4, 0.5) is 0 Å². The molecule has 0 N–H and O–H groups in total. The van der Waals surface area contributed by atoms with Crippen LogP contribution in [0.15, 0.2) is 0 Å². The molecule has 1 aliphatic rings. The van der Waals surface area contributed by atoms with Crippen molar-refractivity contribution in [2.24, 2.45) is 23.7 Å². The first-order valence-corrected chi connectivity index (χ1v) is 4.13. The topological polar surface area (TPSA) is 0 Å². The van der Waals surface area contributed by atoms with Gasteiger partial charge in [0.05, 0.1) is 0 Å². The maximum Gasteiger partial charge on any atom is -0.0389 e. The average molecular weight is 126 g/mol. The SMILES string of the molecule is CC1C[C@H](C)C(C)C1C. The standard InChI is InChI=1S/C9H18/c1-6-5-7(2)9(4)8(6)3/h6-9H,5H2,1-4H3/t6-,7?,8?,9?/m0/s1. The molecular formula is C9H18. The average Bonchev–Trinajstić information content (AvgIpc) is 1.98. The molecule has 0 spiro atoms. The first kappa shape index (κ1) is 7.11. The molecule has 0 radical (unpaired) electrons. The van der Waals surface area contributed by atoms with E-state index in [1.165, 1.54) is 6.42 Å². The van der Waals surface area contributed by atoms with Crippen LogP contribution in [0, 0.1) is 23.7 Å². The molecule has 4 atom stereocenters. The third-order valence-electron chi connectivity index (χ3n) is 3.37. The Kier molecular flexibility index (Phi) is 1.83. The number of hydrogen-bond donors (Lipinski definition) is 0. The Bertz CT molecular complexity index is 84.2. The zero-order valence-electron chi connectivity index (χ0n) is 7.02. The van der Waals surface area contributed by atoms with Crippen LogP contribution in [0.5, 0.6) is 0 Å². The molecule has 0 aromatic carbocycles. The van der Waals surface area contributed by atoms with E-state index in [9.17, 15) is 0 Å². The van der Waals surface area contributed by atoms with E-state index in [0.29, 0.717) is 0 Å². The van der Waals surface area contributed by atoms with Crippen LogP contribution >= 0.6 is 0 Å². The minimum atomic E-state index is 0.958. The Labute approximate surface area is 58.7 Å². The lowest BCUT2D eigenvalue weighted by Crippen LogP contribution is -2.07. The van der Waals surface area contributed by atoms with Gasteiger partial charge in [0, 0.05) is 0 Å². The van der Waals surface area contributed by atoms with Gasteiger partial charge in [-0.3, -0.25) is 0 Å². The molecule has 0 bridgehead atoms. The lowest BCUT2D eigenvalue weighted by Gasteiger charge is -2.14. The Morgan fingerprint density at radius 1 is 0.778 bits per heavy atom. The van der Waals surface area contributed by atoms with Crippen molar-refractivity contribution >= 4 is 0 Å². The largest absolute Gasteiger partial charge is 0.0622 e. The monoisotopic (exact) mass is 126 g/mol. The summed E-state index contributed by atoms with van der Waals surface area (Å²) in [7, 11) is 0. The van der Waals surface area contributed by atoms with E-state index >= 15 is 0 Å². The van der Waals surface area contributed by atoms with Crippen molar-refractivity contribution < 1.29 is 0 Å². The molecule has 3 unspecified atom stereocenters. The van der Waals surface area contributed by atoms with Gasteiger partial charge in [0.1, 0.15) is 0 Å². The fraction of sp³-hybridized carbons (Fsp3) is 1.00. The fourth-order valence-electron chi connectivity index (χ4n) is 2.05. The van der Waals surface area contributed by atoms with E-state index in [0.717, 1.165) is 23.7 Å². The van der Waals surface area contributed by atoms with Gasteiger partial charge in [0.2, 0.25) is 0 Å². The molecule has 9 heavy (non-hydrogen) atoms. The predicted octanol–water partition coefficient (Wildman–Crippen LogP) is 2.93. The van der Waals surface area contributed by atoms with Gasteiger partial charge in [-0.05, 0) is 30.1 Å². The summed E-state index contributed by atoms with van der Waals surface area (Å²) in [6.45, 7) is 9.53. The van der Waals surface area contributed by atoms with Crippen molar-refractivity contribution in [3.8, 4) is 0 Å². The minimum absolute atomic E-state index is 0.958. The summed E-state index contributed by atoms with van der Waals surface area (Å²) in [4.78, 5) is 0. The van der Waals surface area contributed by atoms with Gasteiger partial charge >= 0.3 is 0 Å². The van der Waals surface area contributed by atoms with Gasteiger partial charge in [0.25, 0.3) is 0 Å². The molecule has 1 rings (SSSR count). The van der Waals surface area contributed by atoms with Crippen LogP contribution in [0.3, 0.4) is 0 Å².